The summed E-state index contributed by atoms with van der Waals surface area (Å²) >= 11 is 18.8. The lowest BCUT2D eigenvalue weighted by Gasteiger charge is -2.09. The molecule has 1 aromatic carbocycles. The lowest BCUT2D eigenvalue weighted by Crippen LogP contribution is -1.99. The fraction of sp³-hybridized carbons (Fsp3) is 0.100. The summed E-state index contributed by atoms with van der Waals surface area (Å²) in [4.78, 5) is 4.84. The molecule has 0 saturated carbocycles. The number of thiazole rings is 1. The monoisotopic (exact) mass is 310 g/mol. The molecule has 0 saturated heterocycles. The highest BCUT2D eigenvalue weighted by Crippen LogP contribution is 2.32. The summed E-state index contributed by atoms with van der Waals surface area (Å²) in [6.45, 7) is 0.482. The summed E-state index contributed by atoms with van der Waals surface area (Å²) in [5, 5.41) is 3.50. The van der Waals surface area contributed by atoms with Gasteiger partial charge in [0, 0.05) is 11.1 Å². The topological polar surface area (TPSA) is 24.9 Å². The van der Waals surface area contributed by atoms with Crippen LogP contribution in [0, 0.1) is 5.82 Å². The van der Waals surface area contributed by atoms with E-state index in [1.807, 2.05) is 0 Å². The molecule has 0 amide bonds. The van der Waals surface area contributed by atoms with Crippen LogP contribution >= 0.6 is 46.1 Å². The maximum Gasteiger partial charge on any atom is 0.183 e. The van der Waals surface area contributed by atoms with Crippen molar-refractivity contribution in [1.82, 2.24) is 4.98 Å². The predicted octanol–water partition coefficient (Wildman–Crippen LogP) is 4.85. The molecule has 0 aliphatic carbocycles. The Hall–Kier alpha value is -0.550. The molecular formula is C10H6Cl3FN2S. The Labute approximate surface area is 116 Å². The van der Waals surface area contributed by atoms with Crippen molar-refractivity contribution < 1.29 is 4.39 Å². The number of halogens is 4. The highest BCUT2D eigenvalue weighted by atomic mass is 35.5. The van der Waals surface area contributed by atoms with Gasteiger partial charge in [-0.15, -0.1) is 11.3 Å². The van der Waals surface area contributed by atoms with E-state index < -0.39 is 5.82 Å². The maximum atomic E-state index is 13.0. The third-order valence-corrected chi connectivity index (χ3v) is 3.68. The number of hydrogen-bond acceptors (Lipinski definition) is 3. The summed E-state index contributed by atoms with van der Waals surface area (Å²) in [7, 11) is 0. The first-order chi connectivity index (χ1) is 8.06. The molecule has 7 heteroatoms. The van der Waals surface area contributed by atoms with E-state index >= 15 is 0 Å². The minimum Gasteiger partial charge on any atom is -0.378 e. The third kappa shape index (κ3) is 3.22. The summed E-state index contributed by atoms with van der Waals surface area (Å²) in [6, 6.07) is 2.41. The van der Waals surface area contributed by atoms with E-state index in [-0.39, 0.29) is 10.0 Å². The molecule has 2 nitrogen and oxygen atoms in total. The van der Waals surface area contributed by atoms with Gasteiger partial charge in [-0.3, -0.25) is 0 Å². The Kier molecular flexibility index (Phi) is 4.09. The smallest absolute Gasteiger partial charge is 0.183 e. The van der Waals surface area contributed by atoms with Gasteiger partial charge in [-0.1, -0.05) is 34.8 Å². The van der Waals surface area contributed by atoms with Crippen LogP contribution in [0.3, 0.4) is 0 Å². The number of benzene rings is 1. The number of aromatic nitrogens is 1. The highest BCUT2D eigenvalue weighted by Gasteiger charge is 2.08. The zero-order valence-electron chi connectivity index (χ0n) is 8.31. The van der Waals surface area contributed by atoms with Gasteiger partial charge < -0.3 is 5.32 Å². The summed E-state index contributed by atoms with van der Waals surface area (Å²) in [5.41, 5.74) is 0.499. The maximum absolute atomic E-state index is 13.0. The molecule has 0 radical (unpaired) electrons. The minimum absolute atomic E-state index is 0.241. The van der Waals surface area contributed by atoms with Crippen LogP contribution in [0.5, 0.6) is 0 Å². The van der Waals surface area contributed by atoms with Crippen molar-refractivity contribution >= 4 is 51.8 Å². The number of rotatable bonds is 3. The van der Waals surface area contributed by atoms with E-state index in [0.29, 0.717) is 16.7 Å². The van der Waals surface area contributed by atoms with E-state index in [1.54, 1.807) is 6.20 Å². The Balaban J connectivity index is 2.14. The molecule has 0 aliphatic heterocycles. The fourth-order valence-electron chi connectivity index (χ4n) is 1.25. The van der Waals surface area contributed by atoms with Crippen LogP contribution in [0.2, 0.25) is 14.5 Å². The minimum atomic E-state index is -0.466. The third-order valence-electron chi connectivity index (χ3n) is 1.97. The van der Waals surface area contributed by atoms with E-state index in [0.717, 1.165) is 4.88 Å². The normalized spacial score (nSPS) is 10.6. The van der Waals surface area contributed by atoms with Crippen molar-refractivity contribution in [2.75, 3.05) is 5.32 Å². The van der Waals surface area contributed by atoms with Crippen LogP contribution in [-0.2, 0) is 6.54 Å². The van der Waals surface area contributed by atoms with Crippen molar-refractivity contribution in [2.24, 2.45) is 0 Å². The van der Waals surface area contributed by atoms with Gasteiger partial charge in [0.25, 0.3) is 0 Å². The highest BCUT2D eigenvalue weighted by molar-refractivity contribution is 7.15. The van der Waals surface area contributed by atoms with Gasteiger partial charge in [-0.05, 0) is 12.1 Å². The van der Waals surface area contributed by atoms with Crippen molar-refractivity contribution in [1.29, 1.82) is 0 Å². The average Bonchev–Trinajstić information content (AvgIpc) is 2.62. The standard InChI is InChI=1S/C10H6Cl3FN2S/c11-7-1-5(14)2-8(12)9(7)15-3-6-4-16-10(13)17-6/h1-2,4,15H,3H2. The Morgan fingerprint density at radius 2 is 1.88 bits per heavy atom. The summed E-state index contributed by atoms with van der Waals surface area (Å²) in [5.74, 6) is -0.466. The first kappa shape index (κ1) is 12.9. The summed E-state index contributed by atoms with van der Waals surface area (Å²) in [6.07, 6.45) is 1.66. The van der Waals surface area contributed by atoms with E-state index in [2.05, 4.69) is 10.3 Å². The first-order valence-corrected chi connectivity index (χ1v) is 6.50. The van der Waals surface area contributed by atoms with Gasteiger partial charge in [0.2, 0.25) is 0 Å². The van der Waals surface area contributed by atoms with Crippen LogP contribution in [0.25, 0.3) is 0 Å². The van der Waals surface area contributed by atoms with Crippen LogP contribution in [0.1, 0.15) is 4.88 Å². The molecule has 0 atom stereocenters. The molecule has 0 fully saturated rings. The quantitative estimate of drug-likeness (QED) is 0.876. The van der Waals surface area contributed by atoms with Gasteiger partial charge in [0.1, 0.15) is 5.82 Å². The van der Waals surface area contributed by atoms with Crippen molar-refractivity contribution in [3.8, 4) is 0 Å². The zero-order valence-corrected chi connectivity index (χ0v) is 11.4. The Bertz CT molecular complexity index is 521. The lowest BCUT2D eigenvalue weighted by molar-refractivity contribution is 0.628. The fourth-order valence-corrected chi connectivity index (χ4v) is 2.76. The van der Waals surface area contributed by atoms with Crippen LogP contribution in [0.15, 0.2) is 18.3 Å². The predicted molar refractivity (Wildman–Crippen MR) is 70.9 cm³/mol. The Morgan fingerprint density at radius 1 is 1.24 bits per heavy atom. The molecule has 90 valence electrons. The second-order valence-corrected chi connectivity index (χ2v) is 5.69. The summed E-state index contributed by atoms with van der Waals surface area (Å²) < 4.78 is 13.4. The van der Waals surface area contributed by atoms with Gasteiger partial charge in [0.15, 0.2) is 4.47 Å². The second-order valence-electron chi connectivity index (χ2n) is 3.18. The molecule has 1 N–H and O–H groups in total. The van der Waals surface area contributed by atoms with Gasteiger partial charge in [-0.25, -0.2) is 9.37 Å². The van der Waals surface area contributed by atoms with Crippen molar-refractivity contribution in [3.05, 3.63) is 43.5 Å². The number of nitrogens with zero attached hydrogens (tertiary/aromatic N) is 1. The molecule has 1 aromatic heterocycles. The molecule has 2 rings (SSSR count). The lowest BCUT2D eigenvalue weighted by atomic mass is 10.3. The largest absolute Gasteiger partial charge is 0.378 e. The number of hydrogen-bond donors (Lipinski definition) is 1. The van der Waals surface area contributed by atoms with Crippen LogP contribution < -0.4 is 5.32 Å². The molecule has 0 aliphatic rings. The SMILES string of the molecule is Fc1cc(Cl)c(NCc2cnc(Cl)s2)c(Cl)c1. The van der Waals surface area contributed by atoms with Crippen molar-refractivity contribution in [3.63, 3.8) is 0 Å². The van der Waals surface area contributed by atoms with Crippen LogP contribution in [-0.4, -0.2) is 4.98 Å². The molecular weight excluding hydrogens is 306 g/mol. The molecule has 0 unspecified atom stereocenters. The molecule has 17 heavy (non-hydrogen) atoms. The molecule has 1 heterocycles. The van der Waals surface area contributed by atoms with E-state index in [4.69, 9.17) is 34.8 Å². The zero-order chi connectivity index (χ0) is 12.4. The van der Waals surface area contributed by atoms with Crippen LogP contribution in [0.4, 0.5) is 10.1 Å². The number of nitrogens with one attached hydrogen (secondary N) is 1. The van der Waals surface area contributed by atoms with Gasteiger partial charge in [0.05, 0.1) is 22.3 Å². The molecule has 0 spiro atoms. The number of anilines is 1. The molecule has 0 bridgehead atoms. The van der Waals surface area contributed by atoms with E-state index in [1.165, 1.54) is 23.5 Å². The van der Waals surface area contributed by atoms with E-state index in [9.17, 15) is 4.39 Å². The second kappa shape index (κ2) is 5.40. The van der Waals surface area contributed by atoms with Gasteiger partial charge >= 0.3 is 0 Å². The average molecular weight is 312 g/mol. The molecule has 2 aromatic rings. The Morgan fingerprint density at radius 3 is 2.41 bits per heavy atom. The van der Waals surface area contributed by atoms with Gasteiger partial charge in [-0.2, -0.15) is 0 Å². The first-order valence-electron chi connectivity index (χ1n) is 4.55. The van der Waals surface area contributed by atoms with Crippen molar-refractivity contribution in [2.45, 2.75) is 6.54 Å².